The molecule has 7 nitrogen and oxygen atoms in total. The van der Waals surface area contributed by atoms with Crippen molar-refractivity contribution in [3.63, 3.8) is 0 Å². The Bertz CT molecular complexity index is 723. The van der Waals surface area contributed by atoms with Crippen molar-refractivity contribution in [2.75, 3.05) is 47.0 Å². The van der Waals surface area contributed by atoms with Crippen LogP contribution < -0.4 is 4.74 Å². The number of rotatable bonds is 4. The predicted molar refractivity (Wildman–Crippen MR) is 102 cm³/mol. The molecule has 0 N–H and O–H groups in total. The third kappa shape index (κ3) is 3.56. The zero-order valence-corrected chi connectivity index (χ0v) is 16.8. The van der Waals surface area contributed by atoms with E-state index in [0.717, 1.165) is 56.2 Å². The number of hydrogen-bond donors (Lipinski definition) is 0. The molecule has 0 aliphatic carbocycles. The Balaban J connectivity index is 1.59. The second kappa shape index (κ2) is 7.37. The Morgan fingerprint density at radius 3 is 2.85 bits per heavy atom. The SMILES string of the molecule is COc1nc2c(cc1CN1C[C@@H]3COC[C@H](C1)N(C)C3)C(=O)N(C(C)C)C2. The Morgan fingerprint density at radius 2 is 2.11 bits per heavy atom. The highest BCUT2D eigenvalue weighted by molar-refractivity contribution is 5.98. The highest BCUT2D eigenvalue weighted by Crippen LogP contribution is 2.30. The molecule has 1 aromatic heterocycles. The summed E-state index contributed by atoms with van der Waals surface area (Å²) in [5, 5.41) is 0. The van der Waals surface area contributed by atoms with Gasteiger partial charge in [0.05, 0.1) is 38.1 Å². The maximum atomic E-state index is 12.7. The fraction of sp³-hybridized carbons (Fsp3) is 0.700. The van der Waals surface area contributed by atoms with E-state index in [-0.39, 0.29) is 11.9 Å². The molecule has 1 amide bonds. The molecule has 2 saturated heterocycles. The zero-order valence-electron chi connectivity index (χ0n) is 16.8. The van der Waals surface area contributed by atoms with Crippen molar-refractivity contribution in [3.8, 4) is 5.88 Å². The van der Waals surface area contributed by atoms with Crippen LogP contribution in [0.2, 0.25) is 0 Å². The number of aromatic nitrogens is 1. The summed E-state index contributed by atoms with van der Waals surface area (Å²) in [6, 6.07) is 2.58. The number of carbonyl (C=O) groups is 1. The Hall–Kier alpha value is -1.70. The van der Waals surface area contributed by atoms with Crippen LogP contribution >= 0.6 is 0 Å². The van der Waals surface area contributed by atoms with Gasteiger partial charge in [-0.1, -0.05) is 0 Å². The van der Waals surface area contributed by atoms with Crippen molar-refractivity contribution < 1.29 is 14.3 Å². The topological polar surface area (TPSA) is 58.1 Å². The van der Waals surface area contributed by atoms with Crippen molar-refractivity contribution >= 4 is 5.91 Å². The van der Waals surface area contributed by atoms with Crippen LogP contribution in [0.25, 0.3) is 0 Å². The van der Waals surface area contributed by atoms with Gasteiger partial charge in [0.25, 0.3) is 5.91 Å². The van der Waals surface area contributed by atoms with Gasteiger partial charge in [-0.05, 0) is 27.0 Å². The maximum Gasteiger partial charge on any atom is 0.256 e. The van der Waals surface area contributed by atoms with Crippen LogP contribution in [-0.2, 0) is 17.8 Å². The van der Waals surface area contributed by atoms with E-state index in [9.17, 15) is 4.79 Å². The first-order chi connectivity index (χ1) is 13.0. The molecule has 0 aromatic carbocycles. The van der Waals surface area contributed by atoms with Gasteiger partial charge in [0.1, 0.15) is 0 Å². The highest BCUT2D eigenvalue weighted by Gasteiger charge is 2.34. The van der Waals surface area contributed by atoms with Gasteiger partial charge in [-0.25, -0.2) is 4.98 Å². The summed E-state index contributed by atoms with van der Waals surface area (Å²) in [4.78, 5) is 24.2. The van der Waals surface area contributed by atoms with Crippen LogP contribution in [0, 0.1) is 5.92 Å². The lowest BCUT2D eigenvalue weighted by Crippen LogP contribution is -2.42. The lowest BCUT2D eigenvalue weighted by molar-refractivity contribution is 0.0513. The van der Waals surface area contributed by atoms with Gasteiger partial charge >= 0.3 is 0 Å². The Morgan fingerprint density at radius 1 is 1.30 bits per heavy atom. The number of fused-ring (bicyclic) bond motifs is 4. The number of ether oxygens (including phenoxy) is 2. The van der Waals surface area contributed by atoms with E-state index >= 15 is 0 Å². The largest absolute Gasteiger partial charge is 0.481 e. The number of nitrogens with zero attached hydrogens (tertiary/aromatic N) is 4. The van der Waals surface area contributed by atoms with Crippen LogP contribution in [0.4, 0.5) is 0 Å². The highest BCUT2D eigenvalue weighted by atomic mass is 16.5. The monoisotopic (exact) mass is 374 g/mol. The smallest absolute Gasteiger partial charge is 0.256 e. The first-order valence-corrected chi connectivity index (χ1v) is 9.84. The van der Waals surface area contributed by atoms with Crippen molar-refractivity contribution in [1.82, 2.24) is 19.7 Å². The third-order valence-corrected chi connectivity index (χ3v) is 5.98. The quantitative estimate of drug-likeness (QED) is 0.790. The molecule has 4 heterocycles. The summed E-state index contributed by atoms with van der Waals surface area (Å²) in [6.07, 6.45) is 0. The molecule has 0 spiro atoms. The molecule has 148 valence electrons. The molecule has 4 rings (SSSR count). The van der Waals surface area contributed by atoms with E-state index in [1.54, 1.807) is 7.11 Å². The van der Waals surface area contributed by atoms with Gasteiger partial charge in [0.15, 0.2) is 0 Å². The van der Waals surface area contributed by atoms with Crippen molar-refractivity contribution in [1.29, 1.82) is 0 Å². The first-order valence-electron chi connectivity index (χ1n) is 9.84. The minimum Gasteiger partial charge on any atom is -0.481 e. The van der Waals surface area contributed by atoms with Crippen LogP contribution in [0.1, 0.15) is 35.5 Å². The number of methoxy groups -OCH3 is 1. The van der Waals surface area contributed by atoms with Crippen molar-refractivity contribution in [3.05, 3.63) is 22.9 Å². The van der Waals surface area contributed by atoms with Crippen LogP contribution in [0.3, 0.4) is 0 Å². The lowest BCUT2D eigenvalue weighted by Gasteiger charge is -2.30. The van der Waals surface area contributed by atoms with Gasteiger partial charge in [0.2, 0.25) is 5.88 Å². The van der Waals surface area contributed by atoms with Crippen LogP contribution in [0.15, 0.2) is 6.07 Å². The fourth-order valence-corrected chi connectivity index (χ4v) is 4.49. The molecule has 0 radical (unpaired) electrons. The van der Waals surface area contributed by atoms with Gasteiger partial charge < -0.3 is 14.4 Å². The van der Waals surface area contributed by atoms with Crippen molar-refractivity contribution in [2.45, 2.75) is 39.0 Å². The van der Waals surface area contributed by atoms with Gasteiger partial charge in [-0.3, -0.25) is 14.6 Å². The predicted octanol–water partition coefficient (Wildman–Crippen LogP) is 1.22. The normalized spacial score (nSPS) is 26.4. The Kier molecular flexibility index (Phi) is 5.09. The molecule has 3 aliphatic rings. The van der Waals surface area contributed by atoms with E-state index in [0.29, 0.717) is 24.4 Å². The molecule has 0 unspecified atom stereocenters. The van der Waals surface area contributed by atoms with E-state index in [1.165, 1.54) is 0 Å². The summed E-state index contributed by atoms with van der Waals surface area (Å²) in [6.45, 7) is 10.0. The minimum atomic E-state index is 0.0808. The van der Waals surface area contributed by atoms with Crippen LogP contribution in [0.5, 0.6) is 5.88 Å². The van der Waals surface area contributed by atoms with Crippen LogP contribution in [-0.4, -0.2) is 84.7 Å². The molecule has 1 aromatic rings. The van der Waals surface area contributed by atoms with E-state index < -0.39 is 0 Å². The lowest BCUT2D eigenvalue weighted by atomic mass is 10.1. The molecule has 7 heteroatoms. The second-order valence-corrected chi connectivity index (χ2v) is 8.37. The third-order valence-electron chi connectivity index (χ3n) is 5.98. The van der Waals surface area contributed by atoms with Crippen molar-refractivity contribution in [2.24, 2.45) is 5.92 Å². The molecule has 2 bridgehead atoms. The van der Waals surface area contributed by atoms with E-state index in [4.69, 9.17) is 9.47 Å². The molecule has 2 fully saturated rings. The zero-order chi connectivity index (χ0) is 19.1. The molecule has 3 aliphatic heterocycles. The Labute approximate surface area is 161 Å². The summed E-state index contributed by atoms with van der Waals surface area (Å²) in [5.74, 6) is 1.23. The molecular formula is C20H30N4O3. The van der Waals surface area contributed by atoms with E-state index in [1.807, 2.05) is 24.8 Å². The number of amides is 1. The average molecular weight is 374 g/mol. The molecular weight excluding hydrogens is 344 g/mol. The molecule has 0 saturated carbocycles. The number of pyridine rings is 1. The molecule has 27 heavy (non-hydrogen) atoms. The fourth-order valence-electron chi connectivity index (χ4n) is 4.49. The minimum absolute atomic E-state index is 0.0808. The van der Waals surface area contributed by atoms with Gasteiger partial charge in [-0.2, -0.15) is 0 Å². The van der Waals surface area contributed by atoms with E-state index in [2.05, 4.69) is 21.8 Å². The maximum absolute atomic E-state index is 12.7. The number of carbonyl (C=O) groups excluding carboxylic acids is 1. The second-order valence-electron chi connectivity index (χ2n) is 8.37. The molecule has 2 atom stereocenters. The van der Waals surface area contributed by atoms with Gasteiger partial charge in [0, 0.05) is 49.7 Å². The standard InChI is InChI=1S/C20H30N4O3/c1-13(2)24-10-18-17(20(24)25)5-15(19(21-18)26-4)8-23-7-14-6-22(3)16(9-23)12-27-11-14/h5,13-14,16H,6-12H2,1-4H3/t14-,16+/m1/s1. The van der Waals surface area contributed by atoms with Gasteiger partial charge in [-0.15, -0.1) is 0 Å². The summed E-state index contributed by atoms with van der Waals surface area (Å²) >= 11 is 0. The summed E-state index contributed by atoms with van der Waals surface area (Å²) in [5.41, 5.74) is 2.56. The number of likely N-dealkylation sites (N-methyl/N-ethyl adjacent to an activating group) is 1. The summed E-state index contributed by atoms with van der Waals surface area (Å²) in [7, 11) is 3.85. The number of hydrogen-bond acceptors (Lipinski definition) is 6. The first kappa shape index (κ1) is 18.7. The summed E-state index contributed by atoms with van der Waals surface area (Å²) < 4.78 is 11.4. The average Bonchev–Trinajstić information content (AvgIpc) is 2.73.